The highest BCUT2D eigenvalue weighted by Crippen LogP contribution is 2.19. The molecule has 0 aromatic rings. The summed E-state index contributed by atoms with van der Waals surface area (Å²) in [4.78, 5) is 16.5. The van der Waals surface area contributed by atoms with Crippen LogP contribution in [-0.2, 0) is 4.79 Å². The molecule has 0 radical (unpaired) electrons. The Morgan fingerprint density at radius 1 is 1.24 bits per heavy atom. The third kappa shape index (κ3) is 2.80. The molecular formula is C13H25N3O. The molecule has 0 aromatic carbocycles. The van der Waals surface area contributed by atoms with Crippen LogP contribution >= 0.6 is 0 Å². The van der Waals surface area contributed by atoms with Crippen molar-refractivity contribution in [3.8, 4) is 0 Å². The second-order valence-electron chi connectivity index (χ2n) is 5.60. The van der Waals surface area contributed by atoms with E-state index < -0.39 is 0 Å². The quantitative estimate of drug-likeness (QED) is 0.776. The van der Waals surface area contributed by atoms with Gasteiger partial charge in [-0.15, -0.1) is 0 Å². The summed E-state index contributed by atoms with van der Waals surface area (Å²) in [6, 6.07) is 1.00. The first-order chi connectivity index (χ1) is 8.09. The van der Waals surface area contributed by atoms with E-state index in [9.17, 15) is 4.79 Å². The first-order valence-electron chi connectivity index (χ1n) is 6.88. The summed E-state index contributed by atoms with van der Waals surface area (Å²) < 4.78 is 0. The molecule has 2 saturated heterocycles. The second-order valence-corrected chi connectivity index (χ2v) is 5.60. The SMILES string of the molecule is CC1C(N)CCN1CC(=O)N1CCCCC1C. The van der Waals surface area contributed by atoms with Crippen molar-refractivity contribution in [1.82, 2.24) is 9.80 Å². The summed E-state index contributed by atoms with van der Waals surface area (Å²) in [5.74, 6) is 0.290. The fourth-order valence-electron chi connectivity index (χ4n) is 2.99. The van der Waals surface area contributed by atoms with Crippen molar-refractivity contribution >= 4 is 5.91 Å². The van der Waals surface area contributed by atoms with Gasteiger partial charge < -0.3 is 10.6 Å². The molecule has 4 nitrogen and oxygen atoms in total. The Bertz CT molecular complexity index is 282. The van der Waals surface area contributed by atoms with E-state index >= 15 is 0 Å². The van der Waals surface area contributed by atoms with Crippen LogP contribution in [0.4, 0.5) is 0 Å². The molecule has 2 rings (SSSR count). The average Bonchev–Trinajstić information content (AvgIpc) is 2.61. The smallest absolute Gasteiger partial charge is 0.236 e. The molecule has 2 fully saturated rings. The van der Waals surface area contributed by atoms with Gasteiger partial charge >= 0.3 is 0 Å². The van der Waals surface area contributed by atoms with Crippen LogP contribution in [0.25, 0.3) is 0 Å². The number of carbonyl (C=O) groups is 1. The largest absolute Gasteiger partial charge is 0.339 e. The van der Waals surface area contributed by atoms with E-state index in [0.29, 0.717) is 18.6 Å². The van der Waals surface area contributed by atoms with Crippen molar-refractivity contribution in [3.05, 3.63) is 0 Å². The number of piperidine rings is 1. The first kappa shape index (κ1) is 12.8. The van der Waals surface area contributed by atoms with Crippen molar-refractivity contribution in [2.45, 2.75) is 57.7 Å². The third-order valence-corrected chi connectivity index (χ3v) is 4.41. The Morgan fingerprint density at radius 2 is 2.00 bits per heavy atom. The van der Waals surface area contributed by atoms with E-state index in [1.807, 2.05) is 0 Å². The number of hydrogen-bond donors (Lipinski definition) is 1. The zero-order chi connectivity index (χ0) is 12.4. The van der Waals surface area contributed by atoms with E-state index in [-0.39, 0.29) is 11.9 Å². The molecule has 4 heteroatoms. The lowest BCUT2D eigenvalue weighted by Gasteiger charge is -2.35. The molecule has 3 unspecified atom stereocenters. The van der Waals surface area contributed by atoms with Crippen LogP contribution in [0.5, 0.6) is 0 Å². The van der Waals surface area contributed by atoms with Gasteiger partial charge in [-0.25, -0.2) is 0 Å². The van der Waals surface area contributed by atoms with Crippen molar-refractivity contribution in [1.29, 1.82) is 0 Å². The fraction of sp³-hybridized carbons (Fsp3) is 0.923. The van der Waals surface area contributed by atoms with Crippen LogP contribution in [0.1, 0.15) is 39.5 Å². The van der Waals surface area contributed by atoms with Gasteiger partial charge in [0.25, 0.3) is 0 Å². The minimum atomic E-state index is 0.238. The number of nitrogens with zero attached hydrogens (tertiary/aromatic N) is 2. The third-order valence-electron chi connectivity index (χ3n) is 4.41. The Kier molecular flexibility index (Phi) is 4.05. The van der Waals surface area contributed by atoms with Crippen molar-refractivity contribution in [2.24, 2.45) is 5.73 Å². The van der Waals surface area contributed by atoms with Gasteiger partial charge in [0, 0.05) is 31.2 Å². The monoisotopic (exact) mass is 239 g/mol. The molecule has 0 bridgehead atoms. The highest BCUT2D eigenvalue weighted by atomic mass is 16.2. The fourth-order valence-corrected chi connectivity index (χ4v) is 2.99. The number of nitrogens with two attached hydrogens (primary N) is 1. The minimum absolute atomic E-state index is 0.238. The topological polar surface area (TPSA) is 49.6 Å². The maximum Gasteiger partial charge on any atom is 0.236 e. The van der Waals surface area contributed by atoms with Gasteiger partial charge in [0.2, 0.25) is 5.91 Å². The van der Waals surface area contributed by atoms with E-state index in [1.54, 1.807) is 0 Å². The molecule has 0 spiro atoms. The predicted molar refractivity (Wildman–Crippen MR) is 68.7 cm³/mol. The summed E-state index contributed by atoms with van der Waals surface area (Å²) in [5, 5.41) is 0. The van der Waals surface area contributed by atoms with E-state index in [4.69, 9.17) is 5.73 Å². The summed E-state index contributed by atoms with van der Waals surface area (Å²) in [6.45, 7) is 6.75. The van der Waals surface area contributed by atoms with Crippen molar-refractivity contribution < 1.29 is 4.79 Å². The van der Waals surface area contributed by atoms with Crippen molar-refractivity contribution in [3.63, 3.8) is 0 Å². The lowest BCUT2D eigenvalue weighted by atomic mass is 10.0. The van der Waals surface area contributed by atoms with Crippen LogP contribution in [-0.4, -0.2) is 53.5 Å². The van der Waals surface area contributed by atoms with Crippen LogP contribution in [0.3, 0.4) is 0 Å². The highest BCUT2D eigenvalue weighted by molar-refractivity contribution is 5.78. The predicted octanol–water partition coefficient (Wildman–Crippen LogP) is 0.809. The molecule has 98 valence electrons. The van der Waals surface area contributed by atoms with E-state index in [2.05, 4.69) is 23.6 Å². The van der Waals surface area contributed by atoms with Gasteiger partial charge in [-0.3, -0.25) is 9.69 Å². The lowest BCUT2D eigenvalue weighted by Crippen LogP contribution is -2.48. The molecule has 2 aliphatic heterocycles. The average molecular weight is 239 g/mol. The summed E-state index contributed by atoms with van der Waals surface area (Å²) >= 11 is 0. The summed E-state index contributed by atoms with van der Waals surface area (Å²) in [6.07, 6.45) is 4.59. The molecule has 17 heavy (non-hydrogen) atoms. The number of carbonyl (C=O) groups excluding carboxylic acids is 1. The van der Waals surface area contributed by atoms with Gasteiger partial charge in [-0.2, -0.15) is 0 Å². The molecule has 0 saturated carbocycles. The zero-order valence-corrected chi connectivity index (χ0v) is 11.1. The Balaban J connectivity index is 1.88. The maximum absolute atomic E-state index is 12.3. The van der Waals surface area contributed by atoms with Gasteiger partial charge in [-0.1, -0.05) is 0 Å². The summed E-state index contributed by atoms with van der Waals surface area (Å²) in [7, 11) is 0. The normalized spacial score (nSPS) is 35.2. The molecule has 2 heterocycles. The molecular weight excluding hydrogens is 214 g/mol. The Hall–Kier alpha value is -0.610. The van der Waals surface area contributed by atoms with Gasteiger partial charge in [0.15, 0.2) is 0 Å². The zero-order valence-electron chi connectivity index (χ0n) is 11.1. The van der Waals surface area contributed by atoms with Crippen LogP contribution < -0.4 is 5.73 Å². The standard InChI is InChI=1S/C13H25N3O/c1-10-5-3-4-7-16(10)13(17)9-15-8-6-12(14)11(15)2/h10-12H,3-9,14H2,1-2H3. The van der Waals surface area contributed by atoms with Crippen LogP contribution in [0.2, 0.25) is 0 Å². The number of rotatable bonds is 2. The number of likely N-dealkylation sites (tertiary alicyclic amines) is 2. The molecule has 0 aliphatic carbocycles. The van der Waals surface area contributed by atoms with E-state index in [0.717, 1.165) is 32.4 Å². The van der Waals surface area contributed by atoms with E-state index in [1.165, 1.54) is 6.42 Å². The lowest BCUT2D eigenvalue weighted by molar-refractivity contribution is -0.135. The van der Waals surface area contributed by atoms with Crippen LogP contribution in [0.15, 0.2) is 0 Å². The summed E-state index contributed by atoms with van der Waals surface area (Å²) in [5.41, 5.74) is 5.98. The Labute approximate surface area is 104 Å². The minimum Gasteiger partial charge on any atom is -0.339 e. The first-order valence-corrected chi connectivity index (χ1v) is 6.88. The van der Waals surface area contributed by atoms with Crippen molar-refractivity contribution in [2.75, 3.05) is 19.6 Å². The highest BCUT2D eigenvalue weighted by Gasteiger charge is 2.31. The van der Waals surface area contributed by atoms with Gasteiger partial charge in [0.05, 0.1) is 6.54 Å². The van der Waals surface area contributed by atoms with Crippen LogP contribution in [0, 0.1) is 0 Å². The number of hydrogen-bond acceptors (Lipinski definition) is 3. The van der Waals surface area contributed by atoms with Gasteiger partial charge in [-0.05, 0) is 39.5 Å². The van der Waals surface area contributed by atoms with Gasteiger partial charge in [0.1, 0.15) is 0 Å². The second kappa shape index (κ2) is 5.36. The molecule has 2 aliphatic rings. The number of amides is 1. The molecule has 3 atom stereocenters. The molecule has 0 aromatic heterocycles. The maximum atomic E-state index is 12.3. The molecule has 1 amide bonds. The molecule has 2 N–H and O–H groups in total. The Morgan fingerprint density at radius 3 is 2.59 bits per heavy atom.